The quantitative estimate of drug-likeness (QED) is 0.523. The largest absolute Gasteiger partial charge is 0.340 e. The standard InChI is InChI=1S/C20H15N5O2S/c1-28(26,27)17-5-3-16(4-6-17)25-20-10-18-15(13-22-20)8-9-21-19(18)7-2-14-11-23-24-12-14/h3-6,8-13H,1H3,(H,22,25)(H,23,24). The lowest BCUT2D eigenvalue weighted by atomic mass is 10.1. The number of hydrogen-bond acceptors (Lipinski definition) is 6. The summed E-state index contributed by atoms with van der Waals surface area (Å²) in [5, 5.41) is 11.6. The first-order valence-electron chi connectivity index (χ1n) is 8.32. The number of anilines is 2. The number of nitrogens with one attached hydrogen (secondary N) is 2. The van der Waals surface area contributed by atoms with Gasteiger partial charge in [0.05, 0.1) is 16.7 Å². The number of H-pyrrole nitrogens is 1. The topological polar surface area (TPSA) is 101 Å². The van der Waals surface area contributed by atoms with Crippen molar-refractivity contribution in [3.63, 3.8) is 0 Å². The van der Waals surface area contributed by atoms with Crippen LogP contribution < -0.4 is 5.32 Å². The highest BCUT2D eigenvalue weighted by Crippen LogP contribution is 2.22. The summed E-state index contributed by atoms with van der Waals surface area (Å²) in [7, 11) is -3.23. The third-order valence-electron chi connectivity index (χ3n) is 4.03. The van der Waals surface area contributed by atoms with Gasteiger partial charge in [0.1, 0.15) is 11.5 Å². The van der Waals surface area contributed by atoms with Crippen LogP contribution in [0.25, 0.3) is 10.8 Å². The molecule has 0 saturated carbocycles. The zero-order valence-electron chi connectivity index (χ0n) is 14.8. The SMILES string of the molecule is CS(=O)(=O)c1ccc(Nc2cc3c(C#Cc4cn[nH]c4)nccc3cn2)cc1. The predicted molar refractivity (Wildman–Crippen MR) is 107 cm³/mol. The van der Waals surface area contributed by atoms with Gasteiger partial charge in [-0.15, -0.1) is 0 Å². The zero-order chi connectivity index (χ0) is 19.6. The van der Waals surface area contributed by atoms with Crippen LogP contribution >= 0.6 is 0 Å². The maximum Gasteiger partial charge on any atom is 0.175 e. The molecule has 0 aliphatic heterocycles. The fraction of sp³-hybridized carbons (Fsp3) is 0.0500. The second kappa shape index (κ2) is 7.13. The lowest BCUT2D eigenvalue weighted by molar-refractivity contribution is 0.602. The van der Waals surface area contributed by atoms with Crippen LogP contribution in [0.3, 0.4) is 0 Å². The van der Waals surface area contributed by atoms with E-state index in [9.17, 15) is 8.42 Å². The molecular weight excluding hydrogens is 374 g/mol. The highest BCUT2D eigenvalue weighted by atomic mass is 32.2. The Bertz CT molecular complexity index is 1300. The van der Waals surface area contributed by atoms with Crippen LogP contribution in [-0.4, -0.2) is 34.8 Å². The Morgan fingerprint density at radius 2 is 1.86 bits per heavy atom. The third-order valence-corrected chi connectivity index (χ3v) is 5.15. The highest BCUT2D eigenvalue weighted by Gasteiger charge is 2.07. The maximum absolute atomic E-state index is 11.6. The van der Waals surface area contributed by atoms with Crippen LogP contribution in [0.15, 0.2) is 66.1 Å². The van der Waals surface area contributed by atoms with Gasteiger partial charge in [0, 0.05) is 41.3 Å². The van der Waals surface area contributed by atoms with Gasteiger partial charge in [-0.25, -0.2) is 18.4 Å². The van der Waals surface area contributed by atoms with Crippen molar-refractivity contribution in [2.45, 2.75) is 4.90 Å². The van der Waals surface area contributed by atoms with Gasteiger partial charge < -0.3 is 5.32 Å². The Morgan fingerprint density at radius 3 is 2.57 bits per heavy atom. The van der Waals surface area contributed by atoms with E-state index in [-0.39, 0.29) is 4.90 Å². The number of sulfone groups is 1. The van der Waals surface area contributed by atoms with Crippen molar-refractivity contribution in [1.82, 2.24) is 20.2 Å². The summed E-state index contributed by atoms with van der Waals surface area (Å²) in [6.45, 7) is 0. The number of hydrogen-bond donors (Lipinski definition) is 2. The summed E-state index contributed by atoms with van der Waals surface area (Å²) in [4.78, 5) is 9.04. The van der Waals surface area contributed by atoms with Gasteiger partial charge in [-0.05, 0) is 42.3 Å². The Kier molecular flexibility index (Phi) is 4.51. The lowest BCUT2D eigenvalue weighted by Crippen LogP contribution is -1.98. The van der Waals surface area contributed by atoms with E-state index in [4.69, 9.17) is 0 Å². The molecule has 0 aliphatic rings. The van der Waals surface area contributed by atoms with E-state index in [2.05, 4.69) is 37.3 Å². The van der Waals surface area contributed by atoms with E-state index in [1.807, 2.05) is 12.1 Å². The molecule has 0 bridgehead atoms. The minimum atomic E-state index is -3.23. The summed E-state index contributed by atoms with van der Waals surface area (Å²) in [5.41, 5.74) is 2.14. The predicted octanol–water partition coefficient (Wildman–Crippen LogP) is 2.90. The van der Waals surface area contributed by atoms with Gasteiger partial charge in [-0.2, -0.15) is 5.10 Å². The molecule has 7 nitrogen and oxygen atoms in total. The number of rotatable bonds is 3. The average Bonchev–Trinajstić information content (AvgIpc) is 3.20. The number of nitrogens with zero attached hydrogens (tertiary/aromatic N) is 3. The second-order valence-electron chi connectivity index (χ2n) is 6.11. The molecule has 4 aromatic rings. The van der Waals surface area contributed by atoms with Crippen LogP contribution in [0.4, 0.5) is 11.5 Å². The summed E-state index contributed by atoms with van der Waals surface area (Å²) in [6, 6.07) is 10.3. The Labute approximate surface area is 161 Å². The Balaban J connectivity index is 1.66. The van der Waals surface area contributed by atoms with Crippen LogP contribution in [0.2, 0.25) is 0 Å². The highest BCUT2D eigenvalue weighted by molar-refractivity contribution is 7.90. The van der Waals surface area contributed by atoms with Gasteiger partial charge in [-0.1, -0.05) is 5.92 Å². The van der Waals surface area contributed by atoms with E-state index in [1.54, 1.807) is 49.1 Å². The van der Waals surface area contributed by atoms with Gasteiger partial charge >= 0.3 is 0 Å². The summed E-state index contributed by atoms with van der Waals surface area (Å²) >= 11 is 0. The monoisotopic (exact) mass is 389 g/mol. The molecule has 0 radical (unpaired) electrons. The van der Waals surface area contributed by atoms with Crippen LogP contribution in [0, 0.1) is 11.8 Å². The number of aromatic nitrogens is 4. The van der Waals surface area contributed by atoms with Crippen LogP contribution in [0.5, 0.6) is 0 Å². The normalized spacial score (nSPS) is 11.0. The Hall–Kier alpha value is -3.70. The first kappa shape index (κ1) is 17.7. The van der Waals surface area contributed by atoms with E-state index in [0.717, 1.165) is 22.0 Å². The molecule has 0 saturated heterocycles. The van der Waals surface area contributed by atoms with E-state index >= 15 is 0 Å². The van der Waals surface area contributed by atoms with Crippen molar-refractivity contribution in [2.24, 2.45) is 0 Å². The summed E-state index contributed by atoms with van der Waals surface area (Å²) in [5.74, 6) is 6.69. The van der Waals surface area contributed by atoms with E-state index < -0.39 is 9.84 Å². The van der Waals surface area contributed by atoms with Gasteiger partial charge in [0.25, 0.3) is 0 Å². The molecule has 138 valence electrons. The van der Waals surface area contributed by atoms with Gasteiger partial charge in [0.2, 0.25) is 0 Å². The molecule has 2 N–H and O–H groups in total. The summed E-state index contributed by atoms with van der Waals surface area (Å²) in [6.07, 6.45) is 7.98. The van der Waals surface area contributed by atoms with E-state index in [1.165, 1.54) is 6.26 Å². The fourth-order valence-corrected chi connectivity index (χ4v) is 3.25. The van der Waals surface area contributed by atoms with Crippen molar-refractivity contribution >= 4 is 32.1 Å². The van der Waals surface area contributed by atoms with Gasteiger partial charge in [-0.3, -0.25) is 5.10 Å². The number of fused-ring (bicyclic) bond motifs is 1. The molecule has 0 fully saturated rings. The molecule has 0 spiro atoms. The maximum atomic E-state index is 11.6. The smallest absolute Gasteiger partial charge is 0.175 e. The molecule has 0 atom stereocenters. The molecule has 1 aromatic carbocycles. The molecule has 3 aromatic heterocycles. The molecular formula is C20H15N5O2S. The lowest BCUT2D eigenvalue weighted by Gasteiger charge is -2.08. The van der Waals surface area contributed by atoms with Crippen LogP contribution in [0.1, 0.15) is 11.3 Å². The van der Waals surface area contributed by atoms with Crippen molar-refractivity contribution in [2.75, 3.05) is 11.6 Å². The number of benzene rings is 1. The molecule has 3 heterocycles. The van der Waals surface area contributed by atoms with Crippen molar-refractivity contribution in [3.05, 3.63) is 72.4 Å². The minimum absolute atomic E-state index is 0.269. The number of pyridine rings is 2. The van der Waals surface area contributed by atoms with Crippen LogP contribution in [-0.2, 0) is 9.84 Å². The molecule has 0 aliphatic carbocycles. The first-order chi connectivity index (χ1) is 13.5. The van der Waals surface area contributed by atoms with Gasteiger partial charge in [0.15, 0.2) is 9.84 Å². The zero-order valence-corrected chi connectivity index (χ0v) is 15.7. The molecule has 28 heavy (non-hydrogen) atoms. The van der Waals surface area contributed by atoms with Crippen molar-refractivity contribution in [3.8, 4) is 11.8 Å². The summed E-state index contributed by atoms with van der Waals surface area (Å²) < 4.78 is 23.1. The second-order valence-corrected chi connectivity index (χ2v) is 8.12. The minimum Gasteiger partial charge on any atom is -0.340 e. The third kappa shape index (κ3) is 3.84. The number of aromatic amines is 1. The fourth-order valence-electron chi connectivity index (χ4n) is 2.62. The average molecular weight is 389 g/mol. The molecule has 4 rings (SSSR count). The van der Waals surface area contributed by atoms with Crippen molar-refractivity contribution < 1.29 is 8.42 Å². The molecule has 0 unspecified atom stereocenters. The molecule has 0 amide bonds. The first-order valence-corrected chi connectivity index (χ1v) is 10.2. The Morgan fingerprint density at radius 1 is 1.04 bits per heavy atom. The van der Waals surface area contributed by atoms with E-state index in [0.29, 0.717) is 11.5 Å². The van der Waals surface area contributed by atoms with Crippen molar-refractivity contribution in [1.29, 1.82) is 0 Å². The molecule has 8 heteroatoms.